The highest BCUT2D eigenvalue weighted by molar-refractivity contribution is 6.31. The number of rotatable bonds is 17. The van der Waals surface area contributed by atoms with Crippen LogP contribution in [0.25, 0.3) is 22.5 Å². The van der Waals surface area contributed by atoms with Crippen LogP contribution in [0.1, 0.15) is 74.1 Å². The molecule has 0 radical (unpaired) electrons. The lowest BCUT2D eigenvalue weighted by atomic mass is 9.98. The highest BCUT2D eigenvalue weighted by Gasteiger charge is 2.19. The molecule has 0 aliphatic rings. The number of benzene rings is 2. The molecule has 2 aromatic carbocycles. The van der Waals surface area contributed by atoms with E-state index in [1.807, 2.05) is 53.1 Å². The molecule has 4 rings (SSSR count). The van der Waals surface area contributed by atoms with E-state index in [0.717, 1.165) is 53.6 Å². The molecule has 0 aliphatic carbocycles. The lowest BCUT2D eigenvalue weighted by Crippen LogP contribution is -2.18. The number of tetrazole rings is 1. The van der Waals surface area contributed by atoms with Gasteiger partial charge in [0.25, 0.3) is 5.09 Å². The molecule has 15 heteroatoms. The second-order valence-corrected chi connectivity index (χ2v) is 10.5. The van der Waals surface area contributed by atoms with E-state index < -0.39 is 17.5 Å². The molecule has 238 valence electrons. The number of ether oxygens (including phenoxy) is 2. The molecule has 0 spiro atoms. The summed E-state index contributed by atoms with van der Waals surface area (Å²) in [5.41, 5.74) is 3.89. The molecule has 0 saturated heterocycles. The Labute approximate surface area is 264 Å². The third kappa shape index (κ3) is 9.08. The van der Waals surface area contributed by atoms with Crippen LogP contribution >= 0.6 is 11.6 Å². The van der Waals surface area contributed by atoms with Crippen molar-refractivity contribution in [3.63, 3.8) is 0 Å². The fourth-order valence-corrected chi connectivity index (χ4v) is 4.82. The monoisotopic (exact) mass is 639 g/mol. The van der Waals surface area contributed by atoms with Crippen molar-refractivity contribution >= 4 is 24.0 Å². The number of nitrogens with zero attached hydrogens (tertiary/aromatic N) is 7. The van der Waals surface area contributed by atoms with E-state index >= 15 is 0 Å². The van der Waals surface area contributed by atoms with E-state index in [0.29, 0.717) is 37.3 Å². The van der Waals surface area contributed by atoms with Gasteiger partial charge in [-0.3, -0.25) is 4.79 Å². The fraction of sp³-hybridized carbons (Fsp3) is 0.400. The van der Waals surface area contributed by atoms with Crippen molar-refractivity contribution in [3.8, 4) is 22.5 Å². The molecule has 4 aromatic rings. The van der Waals surface area contributed by atoms with Gasteiger partial charge in [0, 0.05) is 18.5 Å². The number of imidazole rings is 1. The molecule has 14 nitrogen and oxygen atoms in total. The molecule has 0 bridgehead atoms. The molecule has 0 amide bonds. The van der Waals surface area contributed by atoms with Crippen molar-refractivity contribution in [3.05, 3.63) is 80.9 Å². The summed E-state index contributed by atoms with van der Waals surface area (Å²) in [6.45, 7) is 4.24. The first-order valence-electron chi connectivity index (χ1n) is 14.6. The van der Waals surface area contributed by atoms with Crippen LogP contribution in [0.4, 0.5) is 4.79 Å². The standard InChI is InChI=1S/C30H34ClN7O7/c1-3-4-12-27-32-28(31)26(20-39)36(27)19-22-13-15-23(16-14-22)24-10-6-7-11-25(24)29-33-35-37(34-29)21(2)45-30(40)43-17-8-5-9-18-44-38(41)42/h6-7,10-11,13-16,20-21H,3-5,8-9,12,17-19H2,1-2H3. The normalized spacial score (nSPS) is 11.6. The Kier molecular flexibility index (Phi) is 12.0. The summed E-state index contributed by atoms with van der Waals surface area (Å²) in [5, 5.41) is 22.2. The SMILES string of the molecule is CCCCc1nc(Cl)c(C=O)n1Cc1ccc(-c2ccccc2-c2nnn(C(C)OC(=O)OCCCCCO[N+](=O)[O-])n2)cc1. The van der Waals surface area contributed by atoms with Gasteiger partial charge >= 0.3 is 6.16 Å². The molecular formula is C30H34ClN7O7. The number of aromatic nitrogens is 6. The maximum atomic E-state index is 12.1. The van der Waals surface area contributed by atoms with Crippen molar-refractivity contribution < 1.29 is 29.0 Å². The lowest BCUT2D eigenvalue weighted by Gasteiger charge is -2.12. The largest absolute Gasteiger partial charge is 0.510 e. The molecule has 1 atom stereocenters. The Morgan fingerprint density at radius 3 is 2.51 bits per heavy atom. The number of hydrogen-bond donors (Lipinski definition) is 0. The summed E-state index contributed by atoms with van der Waals surface area (Å²) < 4.78 is 12.2. The summed E-state index contributed by atoms with van der Waals surface area (Å²) in [4.78, 5) is 43.8. The van der Waals surface area contributed by atoms with E-state index in [4.69, 9.17) is 21.1 Å². The van der Waals surface area contributed by atoms with Crippen LogP contribution in [-0.4, -0.2) is 60.5 Å². The Morgan fingerprint density at radius 2 is 1.80 bits per heavy atom. The average Bonchev–Trinajstić information content (AvgIpc) is 3.64. The molecule has 0 saturated carbocycles. The number of halogens is 1. The van der Waals surface area contributed by atoms with Crippen LogP contribution in [0, 0.1) is 10.1 Å². The zero-order chi connectivity index (χ0) is 32.2. The topological polar surface area (TPSA) is 166 Å². The summed E-state index contributed by atoms with van der Waals surface area (Å²) in [6, 6.07) is 15.6. The summed E-state index contributed by atoms with van der Waals surface area (Å²) >= 11 is 6.24. The molecular weight excluding hydrogens is 606 g/mol. The minimum Gasteiger partial charge on any atom is -0.434 e. The third-order valence-corrected chi connectivity index (χ3v) is 7.18. The first-order chi connectivity index (χ1) is 21.8. The Hall–Kier alpha value is -4.85. The first-order valence-corrected chi connectivity index (χ1v) is 15.0. The number of hydrogen-bond acceptors (Lipinski definition) is 11. The second-order valence-electron chi connectivity index (χ2n) is 10.1. The van der Waals surface area contributed by atoms with Gasteiger partial charge in [0.1, 0.15) is 11.5 Å². The van der Waals surface area contributed by atoms with Crippen molar-refractivity contribution in [2.75, 3.05) is 13.2 Å². The predicted molar refractivity (Wildman–Crippen MR) is 163 cm³/mol. The van der Waals surface area contributed by atoms with Crippen molar-refractivity contribution in [1.29, 1.82) is 0 Å². The van der Waals surface area contributed by atoms with Gasteiger partial charge in [-0.1, -0.05) is 73.5 Å². The Bertz CT molecular complexity index is 1590. The number of aryl methyl sites for hydroxylation is 1. The lowest BCUT2D eigenvalue weighted by molar-refractivity contribution is -0.757. The second kappa shape index (κ2) is 16.3. The zero-order valence-electron chi connectivity index (χ0n) is 25.0. The number of unbranched alkanes of at least 4 members (excludes halogenated alkanes) is 3. The van der Waals surface area contributed by atoms with Crippen molar-refractivity contribution in [2.45, 2.75) is 65.1 Å². The Morgan fingerprint density at radius 1 is 1.07 bits per heavy atom. The third-order valence-electron chi connectivity index (χ3n) is 6.91. The molecule has 2 aromatic heterocycles. The number of carbonyl (C=O) groups is 2. The first kappa shape index (κ1) is 33.1. The van der Waals surface area contributed by atoms with Crippen LogP contribution in [0.15, 0.2) is 48.5 Å². The van der Waals surface area contributed by atoms with Gasteiger partial charge in [-0.15, -0.1) is 25.1 Å². The van der Waals surface area contributed by atoms with E-state index in [1.165, 1.54) is 4.80 Å². The van der Waals surface area contributed by atoms with Gasteiger partial charge < -0.3 is 18.9 Å². The van der Waals surface area contributed by atoms with Crippen LogP contribution in [-0.2, 0) is 27.3 Å². The van der Waals surface area contributed by atoms with Crippen LogP contribution in [0.3, 0.4) is 0 Å². The molecule has 0 fully saturated rings. The zero-order valence-corrected chi connectivity index (χ0v) is 25.8. The minimum absolute atomic E-state index is 0.00553. The highest BCUT2D eigenvalue weighted by Crippen LogP contribution is 2.30. The van der Waals surface area contributed by atoms with Gasteiger partial charge in [0.2, 0.25) is 12.1 Å². The van der Waals surface area contributed by atoms with Gasteiger partial charge in [0.05, 0.1) is 13.2 Å². The highest BCUT2D eigenvalue weighted by atomic mass is 35.5. The van der Waals surface area contributed by atoms with Gasteiger partial charge in [-0.25, -0.2) is 9.78 Å². The predicted octanol–water partition coefficient (Wildman–Crippen LogP) is 6.11. The van der Waals surface area contributed by atoms with Crippen LogP contribution in [0.5, 0.6) is 0 Å². The summed E-state index contributed by atoms with van der Waals surface area (Å²) in [6.07, 6.45) is 3.23. The molecule has 0 N–H and O–H groups in total. The van der Waals surface area contributed by atoms with E-state index in [1.54, 1.807) is 6.92 Å². The van der Waals surface area contributed by atoms with Crippen LogP contribution < -0.4 is 0 Å². The smallest absolute Gasteiger partial charge is 0.434 e. The maximum absolute atomic E-state index is 12.1. The van der Waals surface area contributed by atoms with Crippen molar-refractivity contribution in [2.24, 2.45) is 0 Å². The van der Waals surface area contributed by atoms with Crippen molar-refractivity contribution in [1.82, 2.24) is 29.8 Å². The van der Waals surface area contributed by atoms with E-state index in [2.05, 4.69) is 32.2 Å². The molecule has 45 heavy (non-hydrogen) atoms. The minimum atomic E-state index is -0.890. The van der Waals surface area contributed by atoms with Gasteiger partial charge in [0.15, 0.2) is 11.4 Å². The average molecular weight is 640 g/mol. The summed E-state index contributed by atoms with van der Waals surface area (Å²) in [5.74, 6) is 1.14. The van der Waals surface area contributed by atoms with Crippen LogP contribution in [0.2, 0.25) is 5.15 Å². The number of aldehydes is 1. The summed E-state index contributed by atoms with van der Waals surface area (Å²) in [7, 11) is 0. The maximum Gasteiger partial charge on any atom is 0.510 e. The van der Waals surface area contributed by atoms with E-state index in [9.17, 15) is 19.7 Å². The van der Waals surface area contributed by atoms with Gasteiger partial charge in [-0.05, 0) is 54.5 Å². The molecule has 0 aliphatic heterocycles. The quantitative estimate of drug-likeness (QED) is 0.0430. The number of carbonyl (C=O) groups excluding carboxylic acids is 2. The Balaban J connectivity index is 1.39. The molecule has 1 unspecified atom stereocenters. The van der Waals surface area contributed by atoms with E-state index in [-0.39, 0.29) is 18.4 Å². The fourth-order valence-electron chi connectivity index (χ4n) is 4.58. The van der Waals surface area contributed by atoms with Gasteiger partial charge in [-0.2, -0.15) is 0 Å². The molecule has 2 heterocycles.